The fourth-order valence-corrected chi connectivity index (χ4v) is 5.40. The van der Waals surface area contributed by atoms with E-state index in [0.717, 1.165) is 30.3 Å². The van der Waals surface area contributed by atoms with Crippen LogP contribution in [0, 0.1) is 5.82 Å². The smallest absolute Gasteiger partial charge is 0.338 e. The van der Waals surface area contributed by atoms with E-state index in [9.17, 15) is 26.0 Å². The van der Waals surface area contributed by atoms with Gasteiger partial charge in [0.15, 0.2) is 0 Å². The average molecular weight is 501 g/mol. The minimum absolute atomic E-state index is 0.104. The number of aromatic nitrogens is 2. The first-order chi connectivity index (χ1) is 15.6. The second kappa shape index (κ2) is 8.88. The molecule has 0 bridgehead atoms. The molecule has 174 valence electrons. The maximum absolute atomic E-state index is 13.3. The highest BCUT2D eigenvalue weighted by atomic mass is 35.5. The molecule has 1 saturated heterocycles. The molecule has 1 aliphatic heterocycles. The number of benzene rings is 2. The molecule has 1 aliphatic rings. The first-order valence-electron chi connectivity index (χ1n) is 9.76. The lowest BCUT2D eigenvalue weighted by molar-refractivity contribution is -0.137. The van der Waals surface area contributed by atoms with Crippen LogP contribution >= 0.6 is 11.6 Å². The molecule has 0 amide bonds. The predicted octanol–water partition coefficient (Wildman–Crippen LogP) is 4.47. The zero-order valence-electron chi connectivity index (χ0n) is 16.9. The van der Waals surface area contributed by atoms with Crippen molar-refractivity contribution in [3.05, 3.63) is 71.1 Å². The Kier molecular flexibility index (Phi) is 6.30. The molecule has 1 fully saturated rings. The average Bonchev–Trinajstić information content (AvgIpc) is 2.78. The van der Waals surface area contributed by atoms with Gasteiger partial charge in [0.1, 0.15) is 10.7 Å². The third-order valence-electron chi connectivity index (χ3n) is 5.16. The summed E-state index contributed by atoms with van der Waals surface area (Å²) in [5.41, 5.74) is -0.168. The Bertz CT molecular complexity index is 1280. The van der Waals surface area contributed by atoms with Gasteiger partial charge >= 0.3 is 6.18 Å². The van der Waals surface area contributed by atoms with Crippen molar-refractivity contribution in [1.29, 1.82) is 0 Å². The van der Waals surface area contributed by atoms with Gasteiger partial charge in [-0.15, -0.1) is 0 Å². The highest BCUT2D eigenvalue weighted by Gasteiger charge is 2.32. The van der Waals surface area contributed by atoms with Crippen LogP contribution in [0.15, 0.2) is 59.6 Å². The minimum Gasteiger partial charge on any atom is -0.338 e. The summed E-state index contributed by atoms with van der Waals surface area (Å²) in [5, 5.41) is -0.199. The molecule has 2 aromatic carbocycles. The van der Waals surface area contributed by atoms with E-state index >= 15 is 0 Å². The lowest BCUT2D eigenvalue weighted by atomic mass is 10.1. The van der Waals surface area contributed by atoms with Crippen molar-refractivity contribution in [2.24, 2.45) is 0 Å². The Morgan fingerprint density at radius 2 is 1.70 bits per heavy atom. The van der Waals surface area contributed by atoms with E-state index in [2.05, 4.69) is 9.97 Å². The van der Waals surface area contributed by atoms with Gasteiger partial charge in [0, 0.05) is 37.9 Å². The number of piperazine rings is 1. The maximum Gasteiger partial charge on any atom is 0.416 e. The van der Waals surface area contributed by atoms with Crippen LogP contribution in [0.25, 0.3) is 11.3 Å². The van der Waals surface area contributed by atoms with Crippen molar-refractivity contribution in [2.45, 2.75) is 11.1 Å². The molecule has 0 radical (unpaired) electrons. The quantitative estimate of drug-likeness (QED) is 0.495. The van der Waals surface area contributed by atoms with Gasteiger partial charge in [-0.05, 0) is 36.4 Å². The van der Waals surface area contributed by atoms with Crippen molar-refractivity contribution < 1.29 is 26.0 Å². The molecule has 4 rings (SSSR count). The van der Waals surface area contributed by atoms with Crippen LogP contribution in [-0.2, 0) is 16.2 Å². The topological polar surface area (TPSA) is 66.4 Å². The highest BCUT2D eigenvalue weighted by molar-refractivity contribution is 7.89. The SMILES string of the molecule is O=S(=O)(c1ccc(F)cc1Cl)N1CCN(c2nccc(-c3cccc(C(F)(F)F)c3)n2)CC1. The number of nitrogens with zero attached hydrogens (tertiary/aromatic N) is 4. The monoisotopic (exact) mass is 500 g/mol. The summed E-state index contributed by atoms with van der Waals surface area (Å²) in [6.07, 6.45) is -3.03. The van der Waals surface area contributed by atoms with Crippen molar-refractivity contribution in [1.82, 2.24) is 14.3 Å². The molecule has 0 atom stereocenters. The summed E-state index contributed by atoms with van der Waals surface area (Å²) in [7, 11) is -3.92. The van der Waals surface area contributed by atoms with Gasteiger partial charge in [-0.3, -0.25) is 0 Å². The van der Waals surface area contributed by atoms with Crippen LogP contribution in [0.3, 0.4) is 0 Å². The molecular weight excluding hydrogens is 484 g/mol. The molecule has 33 heavy (non-hydrogen) atoms. The number of rotatable bonds is 4. The Morgan fingerprint density at radius 1 is 0.970 bits per heavy atom. The van der Waals surface area contributed by atoms with Crippen LogP contribution in [0.1, 0.15) is 5.56 Å². The van der Waals surface area contributed by atoms with Gasteiger partial charge < -0.3 is 4.90 Å². The van der Waals surface area contributed by atoms with Crippen LogP contribution in [0.4, 0.5) is 23.5 Å². The van der Waals surface area contributed by atoms with E-state index in [1.807, 2.05) is 0 Å². The fourth-order valence-electron chi connectivity index (χ4n) is 3.47. The zero-order valence-corrected chi connectivity index (χ0v) is 18.5. The second-order valence-electron chi connectivity index (χ2n) is 7.29. The zero-order chi connectivity index (χ0) is 23.8. The van der Waals surface area contributed by atoms with E-state index in [-0.39, 0.29) is 42.0 Å². The van der Waals surface area contributed by atoms with E-state index in [4.69, 9.17) is 11.6 Å². The number of hydrogen-bond donors (Lipinski definition) is 0. The van der Waals surface area contributed by atoms with Crippen LogP contribution < -0.4 is 4.90 Å². The summed E-state index contributed by atoms with van der Waals surface area (Å²) in [6.45, 7) is 0.717. The van der Waals surface area contributed by atoms with Crippen LogP contribution in [0.5, 0.6) is 0 Å². The molecule has 1 aromatic heterocycles. The first kappa shape index (κ1) is 23.4. The summed E-state index contributed by atoms with van der Waals surface area (Å²) in [4.78, 5) is 10.1. The first-order valence-corrected chi connectivity index (χ1v) is 11.6. The summed E-state index contributed by atoms with van der Waals surface area (Å²) >= 11 is 5.93. The Labute approximate surface area is 192 Å². The number of halogens is 5. The van der Waals surface area contributed by atoms with Crippen molar-refractivity contribution >= 4 is 27.6 Å². The number of anilines is 1. The van der Waals surface area contributed by atoms with Crippen LogP contribution in [0.2, 0.25) is 5.02 Å². The third-order valence-corrected chi connectivity index (χ3v) is 7.54. The minimum atomic E-state index is -4.47. The Hall–Kier alpha value is -2.76. The Balaban J connectivity index is 1.51. The standard InChI is InChI=1S/C21H17ClF4N4O2S/c22-17-13-16(23)4-5-19(17)33(31,32)30-10-8-29(9-11-30)20-27-7-6-18(28-20)14-2-1-3-15(12-14)21(24,25)26/h1-7,12-13H,8-11H2. The second-order valence-corrected chi connectivity index (χ2v) is 9.60. The van der Waals surface area contributed by atoms with Gasteiger partial charge in [-0.1, -0.05) is 23.7 Å². The molecule has 6 nitrogen and oxygen atoms in total. The number of hydrogen-bond acceptors (Lipinski definition) is 5. The summed E-state index contributed by atoms with van der Waals surface area (Å²) in [5.74, 6) is -0.358. The largest absolute Gasteiger partial charge is 0.416 e. The van der Waals surface area contributed by atoms with E-state index < -0.39 is 27.6 Å². The van der Waals surface area contributed by atoms with Crippen molar-refractivity contribution in [3.8, 4) is 11.3 Å². The van der Waals surface area contributed by atoms with Crippen molar-refractivity contribution in [3.63, 3.8) is 0 Å². The van der Waals surface area contributed by atoms with Gasteiger partial charge in [0.2, 0.25) is 16.0 Å². The van der Waals surface area contributed by atoms with Gasteiger partial charge in [-0.25, -0.2) is 22.8 Å². The van der Waals surface area contributed by atoms with E-state index in [1.165, 1.54) is 28.7 Å². The summed E-state index contributed by atoms with van der Waals surface area (Å²) in [6, 6.07) is 9.45. The van der Waals surface area contributed by atoms with E-state index in [1.54, 1.807) is 4.90 Å². The van der Waals surface area contributed by atoms with E-state index in [0.29, 0.717) is 11.3 Å². The molecule has 0 saturated carbocycles. The Morgan fingerprint density at radius 3 is 2.36 bits per heavy atom. The lowest BCUT2D eigenvalue weighted by Crippen LogP contribution is -2.49. The lowest BCUT2D eigenvalue weighted by Gasteiger charge is -2.34. The van der Waals surface area contributed by atoms with Gasteiger partial charge in [0.25, 0.3) is 0 Å². The van der Waals surface area contributed by atoms with Gasteiger partial charge in [-0.2, -0.15) is 17.5 Å². The molecular formula is C21H17ClF4N4O2S. The van der Waals surface area contributed by atoms with Crippen molar-refractivity contribution in [2.75, 3.05) is 31.1 Å². The molecule has 0 unspecified atom stereocenters. The molecule has 2 heterocycles. The molecule has 3 aromatic rings. The molecule has 0 aliphatic carbocycles. The molecule has 12 heteroatoms. The summed E-state index contributed by atoms with van der Waals surface area (Å²) < 4.78 is 79.4. The van der Waals surface area contributed by atoms with Crippen LogP contribution in [-0.4, -0.2) is 48.9 Å². The predicted molar refractivity (Wildman–Crippen MR) is 115 cm³/mol. The third kappa shape index (κ3) is 4.94. The maximum atomic E-state index is 13.3. The number of alkyl halides is 3. The fraction of sp³-hybridized carbons (Fsp3) is 0.238. The number of sulfonamides is 1. The normalized spacial score (nSPS) is 15.6. The van der Waals surface area contributed by atoms with Gasteiger partial charge in [0.05, 0.1) is 16.3 Å². The molecule has 0 spiro atoms. The highest BCUT2D eigenvalue weighted by Crippen LogP contribution is 2.32. The molecule has 0 N–H and O–H groups in total.